The van der Waals surface area contributed by atoms with E-state index in [0.29, 0.717) is 5.52 Å². The molecule has 0 radical (unpaired) electrons. The van der Waals surface area contributed by atoms with Crippen LogP contribution in [0.4, 0.5) is 0 Å². The highest BCUT2D eigenvalue weighted by Crippen LogP contribution is 2.31. The Balaban J connectivity index is 2.05. The Morgan fingerprint density at radius 1 is 1.20 bits per heavy atom. The van der Waals surface area contributed by atoms with Crippen LogP contribution in [0.25, 0.3) is 11.0 Å². The zero-order valence-electron chi connectivity index (χ0n) is 11.3. The van der Waals surface area contributed by atoms with Gasteiger partial charge in [-0.1, -0.05) is 5.21 Å². The van der Waals surface area contributed by atoms with Gasteiger partial charge in [-0.3, -0.25) is 0 Å². The van der Waals surface area contributed by atoms with Gasteiger partial charge in [0.25, 0.3) is 0 Å². The standard InChI is InChI=1S/C13H17N3O4/c1-6-3-8-9(4-7(6)2)16(15-14-8)13-12(19)11(18)10(5-17)20-13/h3-4,10-13,17-19H,5H2,1-2H3/t10-,11-,12-,13+/m1/s1. The minimum atomic E-state index is -1.15. The van der Waals surface area contributed by atoms with Crippen LogP contribution in [0, 0.1) is 13.8 Å². The van der Waals surface area contributed by atoms with E-state index in [1.807, 2.05) is 26.0 Å². The highest BCUT2D eigenvalue weighted by molar-refractivity contribution is 5.76. The SMILES string of the molecule is Cc1cc2nnn([C@H]3O[C@H](CO)[C@@H](O)[C@H]3O)c2cc1C. The third-order valence-electron chi connectivity index (χ3n) is 3.84. The molecule has 1 fully saturated rings. The summed E-state index contributed by atoms with van der Waals surface area (Å²) in [6, 6.07) is 3.83. The Kier molecular flexibility index (Phi) is 3.21. The lowest BCUT2D eigenvalue weighted by Gasteiger charge is -2.15. The van der Waals surface area contributed by atoms with Crippen molar-refractivity contribution in [1.82, 2.24) is 15.0 Å². The Hall–Kier alpha value is -1.54. The van der Waals surface area contributed by atoms with Crippen molar-refractivity contribution in [2.75, 3.05) is 6.61 Å². The summed E-state index contributed by atoms with van der Waals surface area (Å²) in [7, 11) is 0. The Labute approximate surface area is 115 Å². The average Bonchev–Trinajstić information content (AvgIpc) is 2.94. The molecule has 0 unspecified atom stereocenters. The van der Waals surface area contributed by atoms with Gasteiger partial charge < -0.3 is 20.1 Å². The summed E-state index contributed by atoms with van der Waals surface area (Å²) in [5.74, 6) is 0. The van der Waals surface area contributed by atoms with E-state index in [-0.39, 0.29) is 6.61 Å². The van der Waals surface area contributed by atoms with Crippen molar-refractivity contribution in [1.29, 1.82) is 0 Å². The van der Waals surface area contributed by atoms with Crippen molar-refractivity contribution in [3.8, 4) is 0 Å². The van der Waals surface area contributed by atoms with Crippen molar-refractivity contribution in [3.63, 3.8) is 0 Å². The van der Waals surface area contributed by atoms with Gasteiger partial charge in [-0.05, 0) is 37.1 Å². The molecule has 2 heterocycles. The molecule has 0 amide bonds. The molecule has 1 aliphatic rings. The molecule has 7 heteroatoms. The molecule has 7 nitrogen and oxygen atoms in total. The molecular formula is C13H17N3O4. The van der Waals surface area contributed by atoms with Crippen LogP contribution in [0.1, 0.15) is 17.4 Å². The predicted molar refractivity (Wildman–Crippen MR) is 70.0 cm³/mol. The summed E-state index contributed by atoms with van der Waals surface area (Å²) < 4.78 is 6.92. The van der Waals surface area contributed by atoms with E-state index in [2.05, 4.69) is 10.3 Å². The highest BCUT2D eigenvalue weighted by Gasteiger charge is 2.44. The summed E-state index contributed by atoms with van der Waals surface area (Å²) >= 11 is 0. The molecule has 1 aliphatic heterocycles. The monoisotopic (exact) mass is 279 g/mol. The number of aromatic nitrogens is 3. The Bertz CT molecular complexity index is 642. The lowest BCUT2D eigenvalue weighted by atomic mass is 10.1. The van der Waals surface area contributed by atoms with E-state index >= 15 is 0 Å². The molecular weight excluding hydrogens is 262 g/mol. The van der Waals surface area contributed by atoms with Crippen LogP contribution in [-0.2, 0) is 4.74 Å². The molecule has 4 atom stereocenters. The van der Waals surface area contributed by atoms with Crippen LogP contribution in [0.2, 0.25) is 0 Å². The van der Waals surface area contributed by atoms with Crippen LogP contribution in [0.3, 0.4) is 0 Å². The van der Waals surface area contributed by atoms with Crippen LogP contribution >= 0.6 is 0 Å². The largest absolute Gasteiger partial charge is 0.394 e. The molecule has 1 aromatic carbocycles. The number of aliphatic hydroxyl groups is 3. The van der Waals surface area contributed by atoms with E-state index in [1.165, 1.54) is 4.68 Å². The second-order valence-corrected chi connectivity index (χ2v) is 5.19. The summed E-state index contributed by atoms with van der Waals surface area (Å²) in [5, 5.41) is 37.0. The molecule has 3 N–H and O–H groups in total. The quantitative estimate of drug-likeness (QED) is 0.695. The smallest absolute Gasteiger partial charge is 0.181 e. The van der Waals surface area contributed by atoms with Gasteiger partial charge in [-0.2, -0.15) is 0 Å². The van der Waals surface area contributed by atoms with Gasteiger partial charge in [0.1, 0.15) is 23.8 Å². The van der Waals surface area contributed by atoms with Gasteiger partial charge in [0, 0.05) is 0 Å². The molecule has 2 aromatic rings. The van der Waals surface area contributed by atoms with Crippen LogP contribution in [0.5, 0.6) is 0 Å². The number of nitrogens with zero attached hydrogens (tertiary/aromatic N) is 3. The number of benzene rings is 1. The zero-order chi connectivity index (χ0) is 14.4. The maximum Gasteiger partial charge on any atom is 0.181 e. The normalized spacial score (nSPS) is 30.2. The molecule has 0 bridgehead atoms. The topological polar surface area (TPSA) is 101 Å². The molecule has 1 saturated heterocycles. The highest BCUT2D eigenvalue weighted by atomic mass is 16.6. The number of hydrogen-bond donors (Lipinski definition) is 3. The summed E-state index contributed by atoms with van der Waals surface area (Å²) in [5.41, 5.74) is 3.60. The third kappa shape index (κ3) is 1.90. The van der Waals surface area contributed by atoms with Gasteiger partial charge in [0.15, 0.2) is 6.23 Å². The first kappa shape index (κ1) is 13.4. The fourth-order valence-electron chi connectivity index (χ4n) is 2.46. The first-order chi connectivity index (χ1) is 9.52. The van der Waals surface area contributed by atoms with Crippen molar-refractivity contribution in [2.45, 2.75) is 38.4 Å². The first-order valence-electron chi connectivity index (χ1n) is 6.47. The fraction of sp³-hybridized carbons (Fsp3) is 0.538. The predicted octanol–water partition coefficient (Wildman–Crippen LogP) is -0.340. The third-order valence-corrected chi connectivity index (χ3v) is 3.84. The number of fused-ring (bicyclic) bond motifs is 1. The first-order valence-corrected chi connectivity index (χ1v) is 6.47. The van der Waals surface area contributed by atoms with E-state index in [1.54, 1.807) is 0 Å². The number of hydrogen-bond acceptors (Lipinski definition) is 6. The Morgan fingerprint density at radius 2 is 1.90 bits per heavy atom. The lowest BCUT2D eigenvalue weighted by molar-refractivity contribution is -0.0572. The van der Waals surface area contributed by atoms with Crippen LogP contribution < -0.4 is 0 Å². The number of aliphatic hydroxyl groups excluding tert-OH is 3. The van der Waals surface area contributed by atoms with Crippen molar-refractivity contribution < 1.29 is 20.1 Å². The molecule has 0 spiro atoms. The van der Waals surface area contributed by atoms with Gasteiger partial charge in [0.05, 0.1) is 12.1 Å². The number of rotatable bonds is 2. The molecule has 1 aromatic heterocycles. The van der Waals surface area contributed by atoms with Crippen molar-refractivity contribution in [3.05, 3.63) is 23.3 Å². The van der Waals surface area contributed by atoms with Crippen LogP contribution in [-0.4, -0.2) is 55.2 Å². The minimum Gasteiger partial charge on any atom is -0.394 e. The summed E-state index contributed by atoms with van der Waals surface area (Å²) in [6.07, 6.45) is -3.97. The lowest BCUT2D eigenvalue weighted by Crippen LogP contribution is -2.33. The number of ether oxygens (including phenoxy) is 1. The molecule has 108 valence electrons. The molecule has 3 rings (SSSR count). The van der Waals surface area contributed by atoms with Gasteiger partial charge in [-0.25, -0.2) is 4.68 Å². The van der Waals surface area contributed by atoms with Gasteiger partial charge >= 0.3 is 0 Å². The zero-order valence-corrected chi connectivity index (χ0v) is 11.3. The minimum absolute atomic E-state index is 0.362. The van der Waals surface area contributed by atoms with Gasteiger partial charge in [0.2, 0.25) is 0 Å². The van der Waals surface area contributed by atoms with Gasteiger partial charge in [-0.15, -0.1) is 5.10 Å². The van der Waals surface area contributed by atoms with Crippen molar-refractivity contribution in [2.24, 2.45) is 0 Å². The van der Waals surface area contributed by atoms with Crippen molar-refractivity contribution >= 4 is 11.0 Å². The number of aryl methyl sites for hydroxylation is 2. The second-order valence-electron chi connectivity index (χ2n) is 5.19. The summed E-state index contributed by atoms with van der Waals surface area (Å²) in [6.45, 7) is 3.60. The second kappa shape index (κ2) is 4.78. The molecule has 0 aliphatic carbocycles. The molecule has 0 saturated carbocycles. The average molecular weight is 279 g/mol. The maximum atomic E-state index is 10.0. The fourth-order valence-corrected chi connectivity index (χ4v) is 2.46. The van der Waals surface area contributed by atoms with E-state index in [0.717, 1.165) is 16.6 Å². The Morgan fingerprint density at radius 3 is 2.55 bits per heavy atom. The van der Waals surface area contributed by atoms with E-state index < -0.39 is 24.5 Å². The maximum absolute atomic E-state index is 10.0. The van der Waals surface area contributed by atoms with E-state index in [9.17, 15) is 10.2 Å². The van der Waals surface area contributed by atoms with E-state index in [4.69, 9.17) is 9.84 Å². The molecule has 20 heavy (non-hydrogen) atoms. The summed E-state index contributed by atoms with van der Waals surface area (Å²) in [4.78, 5) is 0. The van der Waals surface area contributed by atoms with Crippen LogP contribution in [0.15, 0.2) is 12.1 Å².